The number of nitro benzene ring substituents is 1. The van der Waals surface area contributed by atoms with Crippen molar-refractivity contribution in [2.75, 3.05) is 26.2 Å². The predicted molar refractivity (Wildman–Crippen MR) is 106 cm³/mol. The third kappa shape index (κ3) is 4.06. The molecule has 8 heteroatoms. The van der Waals surface area contributed by atoms with Gasteiger partial charge in [0.05, 0.1) is 10.6 Å². The number of piperidine rings is 1. The van der Waals surface area contributed by atoms with E-state index >= 15 is 0 Å². The number of nitrogens with one attached hydrogen (secondary N) is 1. The van der Waals surface area contributed by atoms with E-state index in [0.717, 1.165) is 42.4 Å². The number of nitro groups is 1. The van der Waals surface area contributed by atoms with Crippen molar-refractivity contribution in [1.82, 2.24) is 15.2 Å². The number of hydrogen-bond donors (Lipinski definition) is 1. The Balaban J connectivity index is 0.00000196. The summed E-state index contributed by atoms with van der Waals surface area (Å²) in [5.74, 6) is 0. The maximum Gasteiger partial charge on any atom is 0.270 e. The average Bonchev–Trinajstić information content (AvgIpc) is 3.24. The number of thiazole rings is 1. The number of rotatable bonds is 4. The molecule has 0 aliphatic carbocycles. The van der Waals surface area contributed by atoms with Crippen molar-refractivity contribution < 1.29 is 4.92 Å². The van der Waals surface area contributed by atoms with Crippen molar-refractivity contribution >= 4 is 29.4 Å². The summed E-state index contributed by atoms with van der Waals surface area (Å²) in [6.07, 6.45) is 3.84. The maximum atomic E-state index is 10.9. The van der Waals surface area contributed by atoms with Gasteiger partial charge in [0.2, 0.25) is 0 Å². The first-order chi connectivity index (χ1) is 12.1. The van der Waals surface area contributed by atoms with Gasteiger partial charge in [-0.05, 0) is 44.3 Å². The lowest BCUT2D eigenvalue weighted by Gasteiger charge is -2.33. The second-order valence-electron chi connectivity index (χ2n) is 7.16. The summed E-state index contributed by atoms with van der Waals surface area (Å²) in [7, 11) is 0. The Bertz CT molecular complexity index is 776. The van der Waals surface area contributed by atoms with Crippen LogP contribution in [0.2, 0.25) is 0 Å². The molecule has 140 valence electrons. The zero-order chi connectivity index (χ0) is 17.3. The van der Waals surface area contributed by atoms with E-state index in [2.05, 4.69) is 15.6 Å². The van der Waals surface area contributed by atoms with E-state index in [0.29, 0.717) is 5.41 Å². The van der Waals surface area contributed by atoms with Gasteiger partial charge in [0, 0.05) is 36.2 Å². The first kappa shape index (κ1) is 19.2. The summed E-state index contributed by atoms with van der Waals surface area (Å²) < 4.78 is 0. The van der Waals surface area contributed by atoms with E-state index in [-0.39, 0.29) is 23.0 Å². The quantitative estimate of drug-likeness (QED) is 0.632. The Labute approximate surface area is 163 Å². The standard InChI is InChI=1S/C18H22N4O2S.ClH/c23-22(24)16-3-1-2-14(10-16)17-20-15(12-25-17)11-21-9-6-18(13-21)4-7-19-8-5-18;/h1-3,10,12,19H,4-9,11,13H2;1H. The second-order valence-corrected chi connectivity index (χ2v) is 8.02. The third-order valence-corrected chi connectivity index (χ3v) is 6.36. The normalized spacial score (nSPS) is 19.4. The molecule has 1 spiro atoms. The summed E-state index contributed by atoms with van der Waals surface area (Å²) in [6.45, 7) is 5.46. The van der Waals surface area contributed by atoms with E-state index < -0.39 is 0 Å². The van der Waals surface area contributed by atoms with Gasteiger partial charge in [0.25, 0.3) is 5.69 Å². The van der Waals surface area contributed by atoms with Crippen LogP contribution in [-0.2, 0) is 6.54 Å². The Morgan fingerprint density at radius 1 is 1.31 bits per heavy atom. The van der Waals surface area contributed by atoms with Crippen molar-refractivity contribution in [3.05, 3.63) is 45.5 Å². The fourth-order valence-electron chi connectivity index (χ4n) is 4.02. The predicted octanol–water partition coefficient (Wildman–Crippen LogP) is 3.72. The van der Waals surface area contributed by atoms with Gasteiger partial charge in [0.1, 0.15) is 5.01 Å². The number of nitrogens with zero attached hydrogens (tertiary/aromatic N) is 3. The first-order valence-corrected chi connectivity index (χ1v) is 9.64. The molecule has 2 saturated heterocycles. The molecule has 3 heterocycles. The Morgan fingerprint density at radius 3 is 2.88 bits per heavy atom. The van der Waals surface area contributed by atoms with Crippen LogP contribution in [0, 0.1) is 15.5 Å². The molecule has 4 rings (SSSR count). The van der Waals surface area contributed by atoms with Crippen LogP contribution >= 0.6 is 23.7 Å². The molecule has 0 unspecified atom stereocenters. The number of non-ortho nitro benzene ring substituents is 1. The monoisotopic (exact) mass is 394 g/mol. The molecule has 2 aliphatic heterocycles. The highest BCUT2D eigenvalue weighted by atomic mass is 35.5. The highest BCUT2D eigenvalue weighted by Crippen LogP contribution is 2.39. The second kappa shape index (κ2) is 8.00. The fraction of sp³-hybridized carbons (Fsp3) is 0.500. The first-order valence-electron chi connectivity index (χ1n) is 8.76. The molecule has 1 aromatic carbocycles. The molecule has 1 N–H and O–H groups in total. The summed E-state index contributed by atoms with van der Waals surface area (Å²) in [6, 6.07) is 6.72. The van der Waals surface area contributed by atoms with E-state index in [1.165, 1.54) is 31.9 Å². The van der Waals surface area contributed by atoms with Crippen LogP contribution in [0.25, 0.3) is 10.6 Å². The molecule has 2 aromatic rings. The van der Waals surface area contributed by atoms with Crippen molar-refractivity contribution in [3.8, 4) is 10.6 Å². The summed E-state index contributed by atoms with van der Waals surface area (Å²) in [4.78, 5) is 17.8. The van der Waals surface area contributed by atoms with Crippen LogP contribution in [0.5, 0.6) is 0 Å². The Morgan fingerprint density at radius 2 is 2.12 bits per heavy atom. The molecule has 0 amide bonds. The van der Waals surface area contributed by atoms with Gasteiger partial charge in [-0.1, -0.05) is 12.1 Å². The van der Waals surface area contributed by atoms with Crippen LogP contribution < -0.4 is 5.32 Å². The molecule has 2 aliphatic rings. The topological polar surface area (TPSA) is 71.3 Å². The largest absolute Gasteiger partial charge is 0.317 e. The van der Waals surface area contributed by atoms with Gasteiger partial charge in [-0.2, -0.15) is 0 Å². The van der Waals surface area contributed by atoms with Crippen LogP contribution in [0.3, 0.4) is 0 Å². The maximum absolute atomic E-state index is 10.9. The zero-order valence-electron chi connectivity index (χ0n) is 14.5. The Hall–Kier alpha value is -1.54. The molecular formula is C18H23ClN4O2S. The lowest BCUT2D eigenvalue weighted by molar-refractivity contribution is -0.384. The number of hydrogen-bond acceptors (Lipinski definition) is 6. The summed E-state index contributed by atoms with van der Waals surface area (Å²) in [5, 5.41) is 17.3. The number of halogens is 1. The minimum absolute atomic E-state index is 0. The van der Waals surface area contributed by atoms with Gasteiger partial charge < -0.3 is 5.32 Å². The number of likely N-dealkylation sites (tertiary alicyclic amines) is 1. The SMILES string of the molecule is Cl.O=[N+]([O-])c1cccc(-c2nc(CN3CCC4(CCNCC4)C3)cs2)c1. The molecule has 0 radical (unpaired) electrons. The molecular weight excluding hydrogens is 372 g/mol. The molecule has 26 heavy (non-hydrogen) atoms. The zero-order valence-corrected chi connectivity index (χ0v) is 16.2. The van der Waals surface area contributed by atoms with Crippen molar-refractivity contribution in [2.45, 2.75) is 25.8 Å². The number of benzene rings is 1. The van der Waals surface area contributed by atoms with E-state index in [1.807, 2.05) is 6.07 Å². The van der Waals surface area contributed by atoms with Crippen molar-refractivity contribution in [3.63, 3.8) is 0 Å². The summed E-state index contributed by atoms with van der Waals surface area (Å²) in [5.41, 5.74) is 2.50. The lowest BCUT2D eigenvalue weighted by atomic mass is 9.78. The lowest BCUT2D eigenvalue weighted by Crippen LogP contribution is -2.38. The van der Waals surface area contributed by atoms with Crippen LogP contribution in [0.4, 0.5) is 5.69 Å². The molecule has 0 bridgehead atoms. The van der Waals surface area contributed by atoms with Crippen LogP contribution in [-0.4, -0.2) is 41.0 Å². The van der Waals surface area contributed by atoms with E-state index in [9.17, 15) is 10.1 Å². The Kier molecular flexibility index (Phi) is 5.92. The summed E-state index contributed by atoms with van der Waals surface area (Å²) >= 11 is 1.56. The number of aromatic nitrogens is 1. The highest BCUT2D eigenvalue weighted by Gasteiger charge is 2.38. The molecule has 2 fully saturated rings. The van der Waals surface area contributed by atoms with Crippen LogP contribution in [0.1, 0.15) is 25.0 Å². The minimum Gasteiger partial charge on any atom is -0.317 e. The van der Waals surface area contributed by atoms with Gasteiger partial charge in [-0.3, -0.25) is 15.0 Å². The van der Waals surface area contributed by atoms with Crippen molar-refractivity contribution in [1.29, 1.82) is 0 Å². The van der Waals surface area contributed by atoms with Gasteiger partial charge in [0.15, 0.2) is 0 Å². The van der Waals surface area contributed by atoms with E-state index in [1.54, 1.807) is 23.5 Å². The molecule has 0 saturated carbocycles. The van der Waals surface area contributed by atoms with Crippen LogP contribution in [0.15, 0.2) is 29.6 Å². The average molecular weight is 395 g/mol. The highest BCUT2D eigenvalue weighted by molar-refractivity contribution is 7.13. The third-order valence-electron chi connectivity index (χ3n) is 5.42. The molecule has 6 nitrogen and oxygen atoms in total. The van der Waals surface area contributed by atoms with Gasteiger partial charge >= 0.3 is 0 Å². The van der Waals surface area contributed by atoms with E-state index in [4.69, 9.17) is 4.98 Å². The van der Waals surface area contributed by atoms with Gasteiger partial charge in [-0.25, -0.2) is 4.98 Å². The fourth-order valence-corrected chi connectivity index (χ4v) is 4.83. The minimum atomic E-state index is -0.360. The smallest absolute Gasteiger partial charge is 0.270 e. The molecule has 1 aromatic heterocycles. The van der Waals surface area contributed by atoms with Crippen molar-refractivity contribution in [2.24, 2.45) is 5.41 Å². The molecule has 0 atom stereocenters. The van der Waals surface area contributed by atoms with Gasteiger partial charge in [-0.15, -0.1) is 23.7 Å².